The number of hydrogen-bond acceptors (Lipinski definition) is 4. The molecular weight excluding hydrogens is 226 g/mol. The van der Waals surface area contributed by atoms with Crippen LogP contribution in [0.25, 0.3) is 0 Å². The predicted molar refractivity (Wildman–Crippen MR) is 62.9 cm³/mol. The maximum Gasteiger partial charge on any atom is 0.307 e. The number of hydrogen-bond donors (Lipinski definition) is 1. The quantitative estimate of drug-likeness (QED) is 0.774. The van der Waals surface area contributed by atoms with E-state index in [2.05, 4.69) is 4.98 Å². The van der Waals surface area contributed by atoms with Crippen molar-refractivity contribution >= 4 is 17.7 Å². The van der Waals surface area contributed by atoms with Crippen LogP contribution in [0.1, 0.15) is 13.8 Å². The van der Waals surface area contributed by atoms with Gasteiger partial charge < -0.3 is 9.84 Å². The Morgan fingerprint density at radius 2 is 2.44 bits per heavy atom. The number of pyridine rings is 1. The van der Waals surface area contributed by atoms with Gasteiger partial charge in [-0.25, -0.2) is 4.98 Å². The second kappa shape index (κ2) is 6.37. The van der Waals surface area contributed by atoms with Crippen molar-refractivity contribution in [2.45, 2.75) is 18.9 Å². The van der Waals surface area contributed by atoms with E-state index in [-0.39, 0.29) is 5.92 Å². The summed E-state index contributed by atoms with van der Waals surface area (Å²) in [6.07, 6.45) is 1.68. The monoisotopic (exact) mass is 241 g/mol. The lowest BCUT2D eigenvalue weighted by Gasteiger charge is -2.09. The Labute approximate surface area is 99.0 Å². The first kappa shape index (κ1) is 12.8. The molecule has 1 heterocycles. The van der Waals surface area contributed by atoms with Crippen molar-refractivity contribution in [2.24, 2.45) is 5.92 Å². The van der Waals surface area contributed by atoms with Crippen LogP contribution < -0.4 is 4.74 Å². The van der Waals surface area contributed by atoms with Crippen LogP contribution in [0.3, 0.4) is 0 Å². The molecule has 1 aromatic heterocycles. The number of ether oxygens (including phenoxy) is 1. The van der Waals surface area contributed by atoms with Gasteiger partial charge in [-0.05, 0) is 19.1 Å². The molecule has 4 nitrogen and oxygen atoms in total. The van der Waals surface area contributed by atoms with Crippen molar-refractivity contribution in [3.05, 3.63) is 18.3 Å². The zero-order valence-electron chi connectivity index (χ0n) is 9.34. The van der Waals surface area contributed by atoms with Gasteiger partial charge >= 0.3 is 5.97 Å². The highest BCUT2D eigenvalue weighted by atomic mass is 32.2. The molecule has 0 aliphatic heterocycles. The van der Waals surface area contributed by atoms with Gasteiger partial charge in [0.15, 0.2) is 5.75 Å². The highest BCUT2D eigenvalue weighted by Gasteiger charge is 2.13. The summed E-state index contributed by atoms with van der Waals surface area (Å²) in [4.78, 5) is 14.8. The predicted octanol–water partition coefficient (Wildman–Crippen LogP) is 2.29. The van der Waals surface area contributed by atoms with Crippen molar-refractivity contribution < 1.29 is 14.6 Å². The van der Waals surface area contributed by atoms with Gasteiger partial charge in [0.05, 0.1) is 12.5 Å². The van der Waals surface area contributed by atoms with E-state index in [1.165, 1.54) is 11.8 Å². The summed E-state index contributed by atoms with van der Waals surface area (Å²) in [5.74, 6) is 0.0299. The molecule has 88 valence electrons. The molecule has 0 saturated heterocycles. The van der Waals surface area contributed by atoms with Crippen molar-refractivity contribution in [3.8, 4) is 5.75 Å². The minimum Gasteiger partial charge on any atom is -0.491 e. The van der Waals surface area contributed by atoms with E-state index in [0.717, 1.165) is 5.03 Å². The molecule has 0 amide bonds. The maximum atomic E-state index is 10.7. The first-order valence-corrected chi connectivity index (χ1v) is 6.07. The van der Waals surface area contributed by atoms with Crippen molar-refractivity contribution in [1.29, 1.82) is 0 Å². The van der Waals surface area contributed by atoms with E-state index in [0.29, 0.717) is 18.1 Å². The summed E-state index contributed by atoms with van der Waals surface area (Å²) >= 11 is 1.41. The van der Waals surface area contributed by atoms with Gasteiger partial charge in [-0.3, -0.25) is 4.79 Å². The number of aromatic nitrogens is 1. The number of carboxylic acid groups (broad SMARTS) is 1. The molecule has 0 saturated carbocycles. The van der Waals surface area contributed by atoms with E-state index in [1.54, 1.807) is 19.2 Å². The molecule has 0 radical (unpaired) electrons. The SMILES string of the molecule is CCOc1cccnc1SCC(C)C(=O)O. The molecule has 0 bridgehead atoms. The molecule has 0 aliphatic carbocycles. The summed E-state index contributed by atoms with van der Waals surface area (Å²) in [6, 6.07) is 3.64. The maximum absolute atomic E-state index is 10.7. The Morgan fingerprint density at radius 1 is 1.69 bits per heavy atom. The minimum atomic E-state index is -0.790. The van der Waals surface area contributed by atoms with Gasteiger partial charge in [-0.15, -0.1) is 11.8 Å². The van der Waals surface area contributed by atoms with Crippen molar-refractivity contribution in [1.82, 2.24) is 4.98 Å². The van der Waals surface area contributed by atoms with Crippen LogP contribution in [0.2, 0.25) is 0 Å². The van der Waals surface area contributed by atoms with Crippen LogP contribution in [0.4, 0.5) is 0 Å². The average molecular weight is 241 g/mol. The highest BCUT2D eigenvalue weighted by molar-refractivity contribution is 7.99. The first-order chi connectivity index (χ1) is 7.65. The fourth-order valence-corrected chi connectivity index (χ4v) is 1.98. The van der Waals surface area contributed by atoms with Gasteiger partial charge in [0, 0.05) is 11.9 Å². The summed E-state index contributed by atoms with van der Waals surface area (Å²) < 4.78 is 5.40. The number of nitrogens with zero attached hydrogens (tertiary/aromatic N) is 1. The molecule has 0 aliphatic rings. The summed E-state index contributed by atoms with van der Waals surface area (Å²) in [7, 11) is 0. The lowest BCUT2D eigenvalue weighted by Crippen LogP contribution is -2.11. The summed E-state index contributed by atoms with van der Waals surface area (Å²) in [5, 5.41) is 9.52. The molecule has 16 heavy (non-hydrogen) atoms. The minimum absolute atomic E-state index is 0.388. The van der Waals surface area contributed by atoms with E-state index in [4.69, 9.17) is 9.84 Å². The zero-order chi connectivity index (χ0) is 12.0. The Bertz CT molecular complexity index is 357. The van der Waals surface area contributed by atoms with Crippen LogP contribution in [0.5, 0.6) is 5.75 Å². The second-order valence-corrected chi connectivity index (χ2v) is 4.30. The smallest absolute Gasteiger partial charge is 0.307 e. The molecule has 0 aromatic carbocycles. The molecule has 1 N–H and O–H groups in total. The Kier molecular flexibility index (Phi) is 5.11. The van der Waals surface area contributed by atoms with Crippen molar-refractivity contribution in [3.63, 3.8) is 0 Å². The number of rotatable bonds is 6. The third kappa shape index (κ3) is 3.73. The van der Waals surface area contributed by atoms with Gasteiger partial charge in [-0.1, -0.05) is 6.92 Å². The van der Waals surface area contributed by atoms with Crippen LogP contribution in [-0.2, 0) is 4.79 Å². The van der Waals surface area contributed by atoms with Crippen LogP contribution in [-0.4, -0.2) is 28.4 Å². The molecule has 5 heteroatoms. The normalized spacial score (nSPS) is 12.1. The van der Waals surface area contributed by atoms with E-state index >= 15 is 0 Å². The zero-order valence-corrected chi connectivity index (χ0v) is 10.2. The number of thioether (sulfide) groups is 1. The number of carbonyl (C=O) groups is 1. The standard InChI is InChI=1S/C11H15NO3S/c1-3-15-9-5-4-6-12-10(9)16-7-8(2)11(13)14/h4-6,8H,3,7H2,1-2H3,(H,13,14). The van der Waals surface area contributed by atoms with Gasteiger partial charge in [0.25, 0.3) is 0 Å². The second-order valence-electron chi connectivity index (χ2n) is 3.29. The number of carboxylic acids is 1. The Hall–Kier alpha value is -1.23. The lowest BCUT2D eigenvalue weighted by molar-refractivity contribution is -0.140. The molecular formula is C11H15NO3S. The molecule has 1 aromatic rings. The third-order valence-corrected chi connectivity index (χ3v) is 3.17. The molecule has 0 spiro atoms. The van der Waals surface area contributed by atoms with E-state index in [9.17, 15) is 4.79 Å². The summed E-state index contributed by atoms with van der Waals surface area (Å²) in [5.41, 5.74) is 0. The number of aliphatic carboxylic acids is 1. The van der Waals surface area contributed by atoms with Gasteiger partial charge in [-0.2, -0.15) is 0 Å². The molecule has 1 atom stereocenters. The topological polar surface area (TPSA) is 59.4 Å². The Balaban J connectivity index is 2.62. The van der Waals surface area contributed by atoms with Crippen LogP contribution in [0, 0.1) is 5.92 Å². The summed E-state index contributed by atoms with van der Waals surface area (Å²) in [6.45, 7) is 4.16. The fourth-order valence-electron chi connectivity index (χ4n) is 1.03. The molecule has 1 unspecified atom stereocenters. The van der Waals surface area contributed by atoms with E-state index in [1.807, 2.05) is 13.0 Å². The largest absolute Gasteiger partial charge is 0.491 e. The van der Waals surface area contributed by atoms with Crippen molar-refractivity contribution in [2.75, 3.05) is 12.4 Å². The van der Waals surface area contributed by atoms with E-state index < -0.39 is 5.97 Å². The van der Waals surface area contributed by atoms with Gasteiger partial charge in [0.2, 0.25) is 0 Å². The van der Waals surface area contributed by atoms with Crippen LogP contribution >= 0.6 is 11.8 Å². The van der Waals surface area contributed by atoms with Gasteiger partial charge in [0.1, 0.15) is 5.03 Å². The Morgan fingerprint density at radius 3 is 3.06 bits per heavy atom. The van der Waals surface area contributed by atoms with Crippen LogP contribution in [0.15, 0.2) is 23.4 Å². The first-order valence-electron chi connectivity index (χ1n) is 5.08. The lowest BCUT2D eigenvalue weighted by atomic mass is 10.2. The third-order valence-electron chi connectivity index (χ3n) is 1.93. The molecule has 0 fully saturated rings. The average Bonchev–Trinajstić information content (AvgIpc) is 2.27. The molecule has 1 rings (SSSR count). The fraction of sp³-hybridized carbons (Fsp3) is 0.455. The highest BCUT2D eigenvalue weighted by Crippen LogP contribution is 2.28.